The Hall–Kier alpha value is -1.06. The average Bonchev–Trinajstić information content (AvgIpc) is 2.54. The van der Waals surface area contributed by atoms with Gasteiger partial charge >= 0.3 is 0 Å². The third kappa shape index (κ3) is 3.78. The van der Waals surface area contributed by atoms with Gasteiger partial charge in [0.05, 0.1) is 12.7 Å². The lowest BCUT2D eigenvalue weighted by atomic mass is 9.85. The third-order valence-electron chi connectivity index (χ3n) is 4.87. The van der Waals surface area contributed by atoms with Gasteiger partial charge in [0.25, 0.3) is 0 Å². The summed E-state index contributed by atoms with van der Waals surface area (Å²) >= 11 is 0. The summed E-state index contributed by atoms with van der Waals surface area (Å²) in [5.41, 5.74) is 1.29. The molecule has 0 saturated carbocycles. The molecule has 1 N–H and O–H groups in total. The molecule has 2 unspecified atom stereocenters. The Balaban J connectivity index is 2.03. The van der Waals surface area contributed by atoms with Crippen LogP contribution in [0.3, 0.4) is 0 Å². The van der Waals surface area contributed by atoms with Gasteiger partial charge < -0.3 is 14.8 Å². The maximum atomic E-state index is 6.06. The molecular weight excluding hydrogens is 262 g/mol. The van der Waals surface area contributed by atoms with Gasteiger partial charge in [0.15, 0.2) is 0 Å². The quantitative estimate of drug-likeness (QED) is 0.856. The zero-order valence-corrected chi connectivity index (χ0v) is 13.8. The largest absolute Gasteiger partial charge is 0.496 e. The van der Waals surface area contributed by atoms with Crippen LogP contribution in [0.15, 0.2) is 24.3 Å². The molecule has 2 rings (SSSR count). The lowest BCUT2D eigenvalue weighted by Crippen LogP contribution is -2.47. The van der Waals surface area contributed by atoms with Crippen LogP contribution in [-0.4, -0.2) is 25.4 Å². The van der Waals surface area contributed by atoms with Crippen LogP contribution in [0.25, 0.3) is 0 Å². The summed E-state index contributed by atoms with van der Waals surface area (Å²) < 4.78 is 11.5. The third-order valence-corrected chi connectivity index (χ3v) is 4.87. The molecule has 0 radical (unpaired) electrons. The van der Waals surface area contributed by atoms with Crippen LogP contribution in [0.2, 0.25) is 0 Å². The Kier molecular flexibility index (Phi) is 5.65. The normalized spacial score (nSPS) is 22.8. The van der Waals surface area contributed by atoms with E-state index >= 15 is 0 Å². The summed E-state index contributed by atoms with van der Waals surface area (Å²) in [6.07, 6.45) is 4.36. The maximum Gasteiger partial charge on any atom is 0.123 e. The standard InChI is InChI=1S/C18H29NO2/c1-5-18(6-2)13-15(11-12-21-18)19-14(3)16-9-7-8-10-17(16)20-4/h7-10,14-15,19H,5-6,11-13H2,1-4H3. The number of hydrogen-bond acceptors (Lipinski definition) is 3. The van der Waals surface area contributed by atoms with Crippen molar-refractivity contribution < 1.29 is 9.47 Å². The molecule has 118 valence electrons. The summed E-state index contributed by atoms with van der Waals surface area (Å²) in [4.78, 5) is 0. The number of benzene rings is 1. The summed E-state index contributed by atoms with van der Waals surface area (Å²) in [6.45, 7) is 7.54. The van der Waals surface area contributed by atoms with Crippen molar-refractivity contribution in [2.75, 3.05) is 13.7 Å². The number of nitrogens with one attached hydrogen (secondary N) is 1. The van der Waals surface area contributed by atoms with E-state index in [9.17, 15) is 0 Å². The van der Waals surface area contributed by atoms with Crippen molar-refractivity contribution >= 4 is 0 Å². The minimum absolute atomic E-state index is 0.0659. The van der Waals surface area contributed by atoms with Crippen LogP contribution in [0.5, 0.6) is 5.75 Å². The highest BCUT2D eigenvalue weighted by atomic mass is 16.5. The minimum Gasteiger partial charge on any atom is -0.496 e. The topological polar surface area (TPSA) is 30.5 Å². The summed E-state index contributed by atoms with van der Waals surface area (Å²) in [7, 11) is 1.74. The fourth-order valence-corrected chi connectivity index (χ4v) is 3.38. The highest BCUT2D eigenvalue weighted by Crippen LogP contribution is 2.33. The number of hydrogen-bond donors (Lipinski definition) is 1. The van der Waals surface area contributed by atoms with Crippen molar-refractivity contribution in [3.05, 3.63) is 29.8 Å². The molecule has 1 fully saturated rings. The second kappa shape index (κ2) is 7.28. The van der Waals surface area contributed by atoms with E-state index in [1.54, 1.807) is 7.11 Å². The van der Waals surface area contributed by atoms with E-state index in [4.69, 9.17) is 9.47 Å². The first-order valence-electron chi connectivity index (χ1n) is 8.17. The smallest absolute Gasteiger partial charge is 0.123 e. The lowest BCUT2D eigenvalue weighted by Gasteiger charge is -2.41. The number of methoxy groups -OCH3 is 1. The number of ether oxygens (including phenoxy) is 2. The van der Waals surface area contributed by atoms with Crippen LogP contribution in [0, 0.1) is 0 Å². The monoisotopic (exact) mass is 291 g/mol. The highest BCUT2D eigenvalue weighted by Gasteiger charge is 2.34. The molecule has 2 atom stereocenters. The fraction of sp³-hybridized carbons (Fsp3) is 0.667. The molecule has 1 aliphatic heterocycles. The average molecular weight is 291 g/mol. The van der Waals surface area contributed by atoms with Gasteiger partial charge in [-0.1, -0.05) is 32.0 Å². The summed E-state index contributed by atoms with van der Waals surface area (Å²) in [5.74, 6) is 0.960. The molecule has 3 heteroatoms. The predicted molar refractivity (Wildman–Crippen MR) is 86.8 cm³/mol. The van der Waals surface area contributed by atoms with Gasteiger partial charge in [-0.2, -0.15) is 0 Å². The fourth-order valence-electron chi connectivity index (χ4n) is 3.38. The summed E-state index contributed by atoms with van der Waals surface area (Å²) in [6, 6.07) is 9.06. The Morgan fingerprint density at radius 2 is 2.05 bits per heavy atom. The number of para-hydroxylation sites is 1. The van der Waals surface area contributed by atoms with E-state index in [0.29, 0.717) is 6.04 Å². The molecule has 3 nitrogen and oxygen atoms in total. The van der Waals surface area contributed by atoms with E-state index in [1.165, 1.54) is 5.56 Å². The van der Waals surface area contributed by atoms with Crippen molar-refractivity contribution in [3.63, 3.8) is 0 Å². The minimum atomic E-state index is 0.0659. The van der Waals surface area contributed by atoms with Crippen molar-refractivity contribution in [1.82, 2.24) is 5.32 Å². The van der Waals surface area contributed by atoms with Gasteiger partial charge in [-0.05, 0) is 38.7 Å². The van der Waals surface area contributed by atoms with Gasteiger partial charge in [0.1, 0.15) is 5.75 Å². The van der Waals surface area contributed by atoms with E-state index in [0.717, 1.165) is 38.0 Å². The molecule has 0 aliphatic carbocycles. The van der Waals surface area contributed by atoms with Crippen molar-refractivity contribution in [2.45, 2.75) is 64.1 Å². The SMILES string of the molecule is CCC1(CC)CC(NC(C)c2ccccc2OC)CCO1. The van der Waals surface area contributed by atoms with Crippen LogP contribution < -0.4 is 10.1 Å². The van der Waals surface area contributed by atoms with Crippen LogP contribution >= 0.6 is 0 Å². The Morgan fingerprint density at radius 3 is 2.71 bits per heavy atom. The molecule has 21 heavy (non-hydrogen) atoms. The van der Waals surface area contributed by atoms with E-state index in [-0.39, 0.29) is 11.6 Å². The molecule has 1 saturated heterocycles. The lowest BCUT2D eigenvalue weighted by molar-refractivity contribution is -0.0939. The Morgan fingerprint density at radius 1 is 1.33 bits per heavy atom. The van der Waals surface area contributed by atoms with Crippen molar-refractivity contribution in [3.8, 4) is 5.75 Å². The van der Waals surface area contributed by atoms with Gasteiger partial charge in [0, 0.05) is 24.3 Å². The molecule has 0 spiro atoms. The van der Waals surface area contributed by atoms with E-state index < -0.39 is 0 Å². The van der Waals surface area contributed by atoms with Crippen LogP contribution in [0.4, 0.5) is 0 Å². The van der Waals surface area contributed by atoms with Crippen LogP contribution in [-0.2, 0) is 4.74 Å². The van der Waals surface area contributed by atoms with E-state index in [1.807, 2.05) is 12.1 Å². The molecule has 1 heterocycles. The molecule has 1 aromatic carbocycles. The first-order valence-corrected chi connectivity index (χ1v) is 8.17. The van der Waals surface area contributed by atoms with Gasteiger partial charge in [-0.25, -0.2) is 0 Å². The first kappa shape index (κ1) is 16.3. The van der Waals surface area contributed by atoms with Crippen molar-refractivity contribution in [2.24, 2.45) is 0 Å². The van der Waals surface area contributed by atoms with Gasteiger partial charge in [0.2, 0.25) is 0 Å². The molecular formula is C18H29NO2. The van der Waals surface area contributed by atoms with Gasteiger partial charge in [-0.15, -0.1) is 0 Å². The zero-order valence-electron chi connectivity index (χ0n) is 13.8. The van der Waals surface area contributed by atoms with Crippen molar-refractivity contribution in [1.29, 1.82) is 0 Å². The first-order chi connectivity index (χ1) is 10.1. The molecule has 1 aromatic rings. The Labute approximate surface area is 129 Å². The Bertz CT molecular complexity index is 443. The zero-order chi connectivity index (χ0) is 15.3. The van der Waals surface area contributed by atoms with E-state index in [2.05, 4.69) is 38.2 Å². The predicted octanol–water partition coefficient (Wildman–Crippen LogP) is 4.08. The molecule has 0 bridgehead atoms. The second-order valence-electron chi connectivity index (χ2n) is 6.06. The van der Waals surface area contributed by atoms with Crippen LogP contribution in [0.1, 0.15) is 58.1 Å². The number of rotatable bonds is 6. The molecule has 0 aromatic heterocycles. The molecule has 1 aliphatic rings. The summed E-state index contributed by atoms with van der Waals surface area (Å²) in [5, 5.41) is 3.77. The van der Waals surface area contributed by atoms with Gasteiger partial charge in [-0.3, -0.25) is 0 Å². The second-order valence-corrected chi connectivity index (χ2v) is 6.06. The maximum absolute atomic E-state index is 6.06. The highest BCUT2D eigenvalue weighted by molar-refractivity contribution is 5.35. The molecule has 0 amide bonds.